The molecule has 128 valence electrons. The Kier molecular flexibility index (Phi) is 11.7. The lowest BCUT2D eigenvalue weighted by molar-refractivity contribution is -0.130. The third kappa shape index (κ3) is 11.9. The van der Waals surface area contributed by atoms with Gasteiger partial charge in [0, 0.05) is 25.9 Å². The molecule has 3 amide bonds. The Hall–Kier alpha value is -1.91. The molecule has 0 saturated heterocycles. The summed E-state index contributed by atoms with van der Waals surface area (Å²) in [6, 6.07) is 0. The summed E-state index contributed by atoms with van der Waals surface area (Å²) in [5, 5.41) is 2.50. The van der Waals surface area contributed by atoms with E-state index in [4.69, 9.17) is 26.7 Å². The molecule has 1 atom stereocenters. The van der Waals surface area contributed by atoms with Gasteiger partial charge in [-0.25, -0.2) is 4.79 Å². The molecule has 10 nitrogen and oxygen atoms in total. The molecule has 0 aliphatic carbocycles. The predicted molar refractivity (Wildman–Crippen MR) is 76.6 cm³/mol. The summed E-state index contributed by atoms with van der Waals surface area (Å²) in [7, 11) is 0. The molecule has 0 saturated carbocycles. The summed E-state index contributed by atoms with van der Waals surface area (Å²) in [5.74, 6) is -1.17. The molecular weight excluding hydrogens is 296 g/mol. The fourth-order valence-electron chi connectivity index (χ4n) is 1.42. The summed E-state index contributed by atoms with van der Waals surface area (Å²) in [5.41, 5.74) is 15.1. The lowest BCUT2D eigenvalue weighted by atomic mass is 10.2. The number of primary amides is 2. The van der Waals surface area contributed by atoms with Crippen molar-refractivity contribution in [3.8, 4) is 0 Å². The van der Waals surface area contributed by atoms with Crippen molar-refractivity contribution in [1.82, 2.24) is 5.32 Å². The van der Waals surface area contributed by atoms with Crippen LogP contribution < -0.4 is 22.5 Å². The van der Waals surface area contributed by atoms with E-state index in [0.29, 0.717) is 26.4 Å². The minimum Gasteiger partial charge on any atom is -0.436 e. The maximum Gasteiger partial charge on any atom is 0.405 e. The van der Waals surface area contributed by atoms with Crippen molar-refractivity contribution in [2.24, 2.45) is 17.2 Å². The SMILES string of the molecule is NCCOCCOCCNC(=O)C(CCC(N)=O)OC(N)=O. The fourth-order valence-corrected chi connectivity index (χ4v) is 1.42. The van der Waals surface area contributed by atoms with E-state index in [1.807, 2.05) is 0 Å². The Morgan fingerprint density at radius 2 is 1.64 bits per heavy atom. The first-order chi connectivity index (χ1) is 10.5. The molecule has 0 aliphatic heterocycles. The Bertz CT molecular complexity index is 353. The third-order valence-electron chi connectivity index (χ3n) is 2.38. The van der Waals surface area contributed by atoms with Gasteiger partial charge < -0.3 is 36.7 Å². The average Bonchev–Trinajstić information content (AvgIpc) is 2.45. The second kappa shape index (κ2) is 12.8. The molecule has 7 N–H and O–H groups in total. The molecule has 10 heteroatoms. The van der Waals surface area contributed by atoms with Gasteiger partial charge in [0.15, 0.2) is 6.10 Å². The van der Waals surface area contributed by atoms with E-state index in [1.165, 1.54) is 0 Å². The first kappa shape index (κ1) is 20.1. The molecular formula is C12H24N4O6. The lowest BCUT2D eigenvalue weighted by Gasteiger charge is -2.15. The molecule has 0 radical (unpaired) electrons. The van der Waals surface area contributed by atoms with Crippen LogP contribution in [0.15, 0.2) is 0 Å². The molecule has 0 heterocycles. The van der Waals surface area contributed by atoms with Gasteiger partial charge in [-0.05, 0) is 0 Å². The molecule has 0 aromatic heterocycles. The fraction of sp³-hybridized carbons (Fsp3) is 0.750. The van der Waals surface area contributed by atoms with Gasteiger partial charge in [-0.3, -0.25) is 9.59 Å². The first-order valence-corrected chi connectivity index (χ1v) is 6.85. The van der Waals surface area contributed by atoms with Gasteiger partial charge in [-0.15, -0.1) is 0 Å². The zero-order valence-corrected chi connectivity index (χ0v) is 12.4. The van der Waals surface area contributed by atoms with Crippen LogP contribution in [0.2, 0.25) is 0 Å². The minimum atomic E-state index is -1.15. The lowest BCUT2D eigenvalue weighted by Crippen LogP contribution is -2.40. The minimum absolute atomic E-state index is 0.0299. The average molecular weight is 320 g/mol. The Morgan fingerprint density at radius 3 is 2.18 bits per heavy atom. The normalized spacial score (nSPS) is 11.7. The zero-order chi connectivity index (χ0) is 16.8. The number of hydrogen-bond donors (Lipinski definition) is 4. The van der Waals surface area contributed by atoms with Crippen molar-refractivity contribution < 1.29 is 28.6 Å². The molecule has 0 aliphatic rings. The van der Waals surface area contributed by atoms with E-state index < -0.39 is 24.0 Å². The highest BCUT2D eigenvalue weighted by molar-refractivity contribution is 5.84. The van der Waals surface area contributed by atoms with Crippen molar-refractivity contribution >= 4 is 17.9 Å². The molecule has 0 spiro atoms. The summed E-state index contributed by atoms with van der Waals surface area (Å²) < 4.78 is 14.9. The Labute approximate surface area is 128 Å². The van der Waals surface area contributed by atoms with Gasteiger partial charge >= 0.3 is 6.09 Å². The van der Waals surface area contributed by atoms with Crippen molar-refractivity contribution in [1.29, 1.82) is 0 Å². The quantitative estimate of drug-likeness (QED) is 0.280. The van der Waals surface area contributed by atoms with Crippen LogP contribution in [0.25, 0.3) is 0 Å². The van der Waals surface area contributed by atoms with Gasteiger partial charge in [-0.2, -0.15) is 0 Å². The molecule has 1 unspecified atom stereocenters. The Morgan fingerprint density at radius 1 is 1.00 bits per heavy atom. The van der Waals surface area contributed by atoms with Gasteiger partial charge in [-0.1, -0.05) is 0 Å². The second-order valence-corrected chi connectivity index (χ2v) is 4.23. The van der Waals surface area contributed by atoms with Crippen LogP contribution in [-0.2, 0) is 23.8 Å². The van der Waals surface area contributed by atoms with Crippen molar-refractivity contribution in [3.05, 3.63) is 0 Å². The molecule has 0 aromatic carbocycles. The van der Waals surface area contributed by atoms with E-state index >= 15 is 0 Å². The van der Waals surface area contributed by atoms with Crippen molar-refractivity contribution in [3.63, 3.8) is 0 Å². The van der Waals surface area contributed by atoms with Gasteiger partial charge in [0.25, 0.3) is 5.91 Å². The monoisotopic (exact) mass is 320 g/mol. The largest absolute Gasteiger partial charge is 0.436 e. The number of ether oxygens (including phenoxy) is 3. The second-order valence-electron chi connectivity index (χ2n) is 4.23. The van der Waals surface area contributed by atoms with Crippen LogP contribution in [-0.4, -0.2) is 63.5 Å². The van der Waals surface area contributed by atoms with Gasteiger partial charge in [0.1, 0.15) is 0 Å². The molecule has 22 heavy (non-hydrogen) atoms. The standard InChI is InChI=1S/C12H24N4O6/c13-3-5-20-7-8-21-6-4-16-11(18)9(22-12(15)19)1-2-10(14)17/h9H,1-8,13H2,(H2,14,17)(H2,15,19)(H,16,18). The van der Waals surface area contributed by atoms with E-state index in [1.54, 1.807) is 0 Å². The number of amides is 3. The number of nitrogens with one attached hydrogen (secondary N) is 1. The van der Waals surface area contributed by atoms with Crippen LogP contribution in [0.3, 0.4) is 0 Å². The van der Waals surface area contributed by atoms with Crippen LogP contribution >= 0.6 is 0 Å². The highest BCUT2D eigenvalue weighted by Crippen LogP contribution is 2.02. The summed E-state index contributed by atoms with van der Waals surface area (Å²) >= 11 is 0. The number of nitrogens with two attached hydrogens (primary N) is 3. The van der Waals surface area contributed by atoms with Gasteiger partial charge in [0.2, 0.25) is 5.91 Å². The number of hydrogen-bond acceptors (Lipinski definition) is 7. The smallest absolute Gasteiger partial charge is 0.405 e. The topological polar surface area (TPSA) is 169 Å². The van der Waals surface area contributed by atoms with E-state index in [-0.39, 0.29) is 26.0 Å². The molecule has 0 rings (SSSR count). The maximum atomic E-state index is 11.8. The summed E-state index contributed by atoms with van der Waals surface area (Å²) in [6.07, 6.45) is -2.38. The molecule has 0 bridgehead atoms. The first-order valence-electron chi connectivity index (χ1n) is 6.85. The highest BCUT2D eigenvalue weighted by Gasteiger charge is 2.22. The third-order valence-corrected chi connectivity index (χ3v) is 2.38. The van der Waals surface area contributed by atoms with Crippen molar-refractivity contribution in [2.45, 2.75) is 18.9 Å². The zero-order valence-electron chi connectivity index (χ0n) is 12.4. The number of carbonyl (C=O) groups is 3. The Balaban J connectivity index is 3.87. The van der Waals surface area contributed by atoms with E-state index in [9.17, 15) is 14.4 Å². The van der Waals surface area contributed by atoms with Crippen LogP contribution in [0.5, 0.6) is 0 Å². The number of rotatable bonds is 13. The predicted octanol–water partition coefficient (Wildman–Crippen LogP) is -2.18. The van der Waals surface area contributed by atoms with E-state index in [2.05, 4.69) is 10.1 Å². The summed E-state index contributed by atoms with van der Waals surface area (Å²) in [6.45, 7) is 2.17. The summed E-state index contributed by atoms with van der Waals surface area (Å²) in [4.78, 5) is 33.2. The van der Waals surface area contributed by atoms with Crippen LogP contribution in [0.4, 0.5) is 4.79 Å². The highest BCUT2D eigenvalue weighted by atomic mass is 16.6. The van der Waals surface area contributed by atoms with Crippen molar-refractivity contribution in [2.75, 3.05) is 39.5 Å². The van der Waals surface area contributed by atoms with Gasteiger partial charge in [0.05, 0.1) is 26.4 Å². The van der Waals surface area contributed by atoms with Crippen LogP contribution in [0, 0.1) is 0 Å². The van der Waals surface area contributed by atoms with E-state index in [0.717, 1.165) is 0 Å². The molecule has 0 aromatic rings. The van der Waals surface area contributed by atoms with Crippen LogP contribution in [0.1, 0.15) is 12.8 Å². The maximum absolute atomic E-state index is 11.8. The number of carbonyl (C=O) groups excluding carboxylic acids is 3. The molecule has 0 fully saturated rings.